The number of aromatic nitrogens is 2. The number of fused-ring (bicyclic) bond motifs is 10. The number of hydrogen-bond donors (Lipinski definition) is 1. The fourth-order valence-electron chi connectivity index (χ4n) is 5.89. The molecule has 0 unspecified atom stereocenters. The van der Waals surface area contributed by atoms with Crippen molar-refractivity contribution in [2.75, 3.05) is 0 Å². The second kappa shape index (κ2) is 4.89. The Labute approximate surface area is 179 Å². The highest BCUT2D eigenvalue weighted by Gasteiger charge is 2.25. The molecule has 5 heterocycles. The van der Waals surface area contributed by atoms with Gasteiger partial charge in [0.2, 0.25) is 5.71 Å². The zero-order chi connectivity index (χ0) is 20.6. The fourth-order valence-corrected chi connectivity index (χ4v) is 5.89. The lowest BCUT2D eigenvalue weighted by atomic mass is 10.0. The van der Waals surface area contributed by atoms with Gasteiger partial charge in [0.25, 0.3) is 0 Å². The Balaban J connectivity index is 1.75. The zero-order valence-corrected chi connectivity index (χ0v) is 16.8. The van der Waals surface area contributed by atoms with Crippen LogP contribution in [0, 0.1) is 0 Å². The lowest BCUT2D eigenvalue weighted by Crippen LogP contribution is -1.84. The van der Waals surface area contributed by atoms with Crippen LogP contribution in [0.1, 0.15) is 0 Å². The highest BCUT2D eigenvalue weighted by Crippen LogP contribution is 2.47. The Kier molecular flexibility index (Phi) is 2.35. The lowest BCUT2D eigenvalue weighted by Gasteiger charge is -2.00. The molecule has 0 fully saturated rings. The molecule has 0 aliphatic rings. The Hall–Kier alpha value is -4.44. The van der Waals surface area contributed by atoms with E-state index in [1.165, 1.54) is 32.4 Å². The first kappa shape index (κ1) is 15.4. The second-order valence-electron chi connectivity index (χ2n) is 8.63. The van der Waals surface area contributed by atoms with Crippen LogP contribution >= 0.6 is 0 Å². The number of nitrogens with zero attached hydrogens (tertiary/aromatic N) is 1. The molecule has 9 aromatic rings. The van der Waals surface area contributed by atoms with Gasteiger partial charge in [-0.2, -0.15) is 0 Å². The van der Waals surface area contributed by atoms with Gasteiger partial charge in [-0.25, -0.2) is 0 Å². The van der Waals surface area contributed by atoms with E-state index in [0.717, 1.165) is 44.0 Å². The number of aromatic amines is 1. The minimum Gasteiger partial charge on any atom is -0.425 e. The number of benzene rings is 4. The van der Waals surface area contributed by atoms with E-state index in [9.17, 15) is 0 Å². The van der Waals surface area contributed by atoms with E-state index in [2.05, 4.69) is 76.1 Å². The first-order chi connectivity index (χ1) is 15.9. The van der Waals surface area contributed by atoms with Crippen LogP contribution in [0.4, 0.5) is 0 Å². The minimum absolute atomic E-state index is 0.584. The van der Waals surface area contributed by atoms with Gasteiger partial charge in [0.1, 0.15) is 5.58 Å². The summed E-state index contributed by atoms with van der Waals surface area (Å²) in [6.45, 7) is 0. The number of hydrogen-bond acceptors (Lipinski definition) is 2. The molecule has 0 aliphatic heterocycles. The summed E-state index contributed by atoms with van der Waals surface area (Å²) in [6.07, 6.45) is 0. The van der Waals surface area contributed by atoms with Gasteiger partial charge in [-0.05, 0) is 35.7 Å². The molecule has 0 bridgehead atoms. The smallest absolute Gasteiger partial charge is 0.300 e. The number of rotatable bonds is 0. The molecule has 148 valence electrons. The molecule has 0 saturated heterocycles. The fraction of sp³-hybridized carbons (Fsp3) is 0. The van der Waals surface area contributed by atoms with E-state index in [1.54, 1.807) is 0 Å². The molecule has 0 radical (unpaired) electrons. The van der Waals surface area contributed by atoms with Crippen molar-refractivity contribution in [1.29, 1.82) is 0 Å². The van der Waals surface area contributed by atoms with Gasteiger partial charge >= 0.3 is 5.78 Å². The largest absolute Gasteiger partial charge is 0.425 e. The van der Waals surface area contributed by atoms with Crippen LogP contribution in [0.25, 0.3) is 82.2 Å². The van der Waals surface area contributed by atoms with Crippen LogP contribution in [0.2, 0.25) is 0 Å². The van der Waals surface area contributed by atoms with Gasteiger partial charge in [-0.1, -0.05) is 48.5 Å². The van der Waals surface area contributed by atoms with Gasteiger partial charge < -0.3 is 13.8 Å². The molecule has 0 spiro atoms. The Bertz CT molecular complexity index is 2190. The van der Waals surface area contributed by atoms with Crippen molar-refractivity contribution >= 4 is 82.2 Å². The van der Waals surface area contributed by atoms with Crippen LogP contribution in [-0.2, 0) is 0 Å². The average molecular weight is 410 g/mol. The molecule has 1 N–H and O–H groups in total. The van der Waals surface area contributed by atoms with Crippen molar-refractivity contribution in [3.05, 3.63) is 78.9 Å². The number of nitrogens with one attached hydrogen (secondary N) is 1. The lowest BCUT2D eigenvalue weighted by molar-refractivity contribution is 0.518. The molecule has 4 heteroatoms. The van der Waals surface area contributed by atoms with Crippen LogP contribution in [0.3, 0.4) is 0 Å². The predicted octanol–water partition coefficient (Wildman–Crippen LogP) is 7.96. The SMILES string of the molecule is c1ccc2c(c1)oc1oc3c(c4ccc5[nH]c6cccc7c8ccccc8n3c4c5c67)c12. The van der Waals surface area contributed by atoms with Gasteiger partial charge in [0.15, 0.2) is 0 Å². The van der Waals surface area contributed by atoms with Crippen LogP contribution in [-0.4, -0.2) is 9.38 Å². The maximum Gasteiger partial charge on any atom is 0.300 e. The van der Waals surface area contributed by atoms with E-state index in [4.69, 9.17) is 8.83 Å². The molecule has 4 nitrogen and oxygen atoms in total. The van der Waals surface area contributed by atoms with Crippen molar-refractivity contribution in [1.82, 2.24) is 9.38 Å². The molecular formula is C28H14N2O2. The summed E-state index contributed by atoms with van der Waals surface area (Å²) in [4.78, 5) is 3.64. The van der Waals surface area contributed by atoms with Gasteiger partial charge in [0.05, 0.1) is 21.8 Å². The molecule has 0 aliphatic carbocycles. The third kappa shape index (κ3) is 1.52. The first-order valence-corrected chi connectivity index (χ1v) is 10.8. The molecule has 9 rings (SSSR count). The van der Waals surface area contributed by atoms with E-state index >= 15 is 0 Å². The standard InChI is InChI=1S/C28H14N2O2/c1-3-10-20-14(6-1)15-8-5-9-18-22(15)25-19(29-18)13-12-17-23-24-16-7-2-4-11-21(16)31-28(24)32-27(23)30(20)26(17)25/h1-13,29H. The van der Waals surface area contributed by atoms with Gasteiger partial charge in [-0.3, -0.25) is 4.40 Å². The van der Waals surface area contributed by atoms with E-state index in [0.29, 0.717) is 5.78 Å². The molecule has 0 atom stereocenters. The van der Waals surface area contributed by atoms with Crippen molar-refractivity contribution in [3.63, 3.8) is 0 Å². The summed E-state index contributed by atoms with van der Waals surface area (Å²) in [6, 6.07) is 27.7. The second-order valence-corrected chi connectivity index (χ2v) is 8.63. The normalized spacial score (nSPS) is 13.0. The number of para-hydroxylation sites is 2. The molecule has 0 saturated carbocycles. The number of H-pyrrole nitrogens is 1. The minimum atomic E-state index is 0.584. The average Bonchev–Trinajstić information content (AvgIpc) is 3.52. The summed E-state index contributed by atoms with van der Waals surface area (Å²) in [5.41, 5.74) is 6.30. The highest BCUT2D eigenvalue weighted by molar-refractivity contribution is 6.35. The maximum atomic E-state index is 6.48. The molecule has 0 amide bonds. The van der Waals surface area contributed by atoms with Crippen molar-refractivity contribution in [3.8, 4) is 0 Å². The topological polar surface area (TPSA) is 46.5 Å². The molecule has 5 aromatic heterocycles. The molecule has 4 aromatic carbocycles. The third-order valence-electron chi connectivity index (χ3n) is 7.11. The highest BCUT2D eigenvalue weighted by atomic mass is 16.5. The van der Waals surface area contributed by atoms with Crippen LogP contribution < -0.4 is 0 Å². The maximum absolute atomic E-state index is 6.48. The monoisotopic (exact) mass is 410 g/mol. The Morgan fingerprint density at radius 1 is 0.562 bits per heavy atom. The summed E-state index contributed by atoms with van der Waals surface area (Å²) < 4.78 is 14.9. The van der Waals surface area contributed by atoms with Crippen molar-refractivity contribution in [2.45, 2.75) is 0 Å². The van der Waals surface area contributed by atoms with E-state index < -0.39 is 0 Å². The predicted molar refractivity (Wildman–Crippen MR) is 130 cm³/mol. The van der Waals surface area contributed by atoms with Gasteiger partial charge in [0, 0.05) is 38.0 Å². The summed E-state index contributed by atoms with van der Waals surface area (Å²) in [5, 5.41) is 9.41. The first-order valence-electron chi connectivity index (χ1n) is 10.8. The summed E-state index contributed by atoms with van der Waals surface area (Å²) >= 11 is 0. The van der Waals surface area contributed by atoms with Crippen LogP contribution in [0.15, 0.2) is 87.7 Å². The van der Waals surface area contributed by atoms with E-state index in [1.807, 2.05) is 12.1 Å². The zero-order valence-electron chi connectivity index (χ0n) is 16.8. The quantitative estimate of drug-likeness (QED) is 0.276. The Morgan fingerprint density at radius 2 is 1.38 bits per heavy atom. The summed E-state index contributed by atoms with van der Waals surface area (Å²) in [5.74, 6) is 0.584. The molecular weight excluding hydrogens is 396 g/mol. The van der Waals surface area contributed by atoms with Crippen molar-refractivity contribution in [2.24, 2.45) is 0 Å². The summed E-state index contributed by atoms with van der Waals surface area (Å²) in [7, 11) is 0. The van der Waals surface area contributed by atoms with Crippen molar-refractivity contribution < 1.29 is 8.83 Å². The third-order valence-corrected chi connectivity index (χ3v) is 7.11. The van der Waals surface area contributed by atoms with E-state index in [-0.39, 0.29) is 0 Å². The van der Waals surface area contributed by atoms with Gasteiger partial charge in [-0.15, -0.1) is 0 Å². The Morgan fingerprint density at radius 3 is 2.34 bits per heavy atom. The molecule has 32 heavy (non-hydrogen) atoms. The van der Waals surface area contributed by atoms with Crippen LogP contribution in [0.5, 0.6) is 0 Å². The number of furan rings is 2.